The monoisotopic (exact) mass is 247 g/mol. The van der Waals surface area contributed by atoms with Gasteiger partial charge in [-0.05, 0) is 24.3 Å². The number of nitrogens with zero attached hydrogens (tertiary/aromatic N) is 2. The molecule has 0 aliphatic heterocycles. The van der Waals surface area contributed by atoms with E-state index in [1.807, 2.05) is 0 Å². The molecule has 2 rings (SSSR count). The van der Waals surface area contributed by atoms with Gasteiger partial charge in [0.2, 0.25) is 0 Å². The summed E-state index contributed by atoms with van der Waals surface area (Å²) in [6, 6.07) is 5.72. The highest BCUT2D eigenvalue weighted by atomic mass is 19.1. The average Bonchev–Trinajstić information content (AvgIpc) is 2.39. The Balaban J connectivity index is 2.48. The van der Waals surface area contributed by atoms with E-state index in [4.69, 9.17) is 10.5 Å². The number of carbonyl (C=O) groups excluding carboxylic acids is 1. The largest absolute Gasteiger partial charge is 0.494 e. The zero-order valence-electron chi connectivity index (χ0n) is 9.55. The molecule has 2 aromatic rings. The van der Waals surface area contributed by atoms with E-state index in [0.29, 0.717) is 11.3 Å². The third kappa shape index (κ3) is 2.27. The summed E-state index contributed by atoms with van der Waals surface area (Å²) in [5, 5.41) is 0. The van der Waals surface area contributed by atoms with Crippen LogP contribution < -0.4 is 10.5 Å². The predicted octanol–water partition coefficient (Wildman–Crippen LogP) is 1.39. The van der Waals surface area contributed by atoms with Crippen LogP contribution in [0.1, 0.15) is 10.5 Å². The summed E-state index contributed by atoms with van der Waals surface area (Å²) < 4.78 is 18.1. The van der Waals surface area contributed by atoms with Crippen LogP contribution in [0.25, 0.3) is 11.3 Å². The summed E-state index contributed by atoms with van der Waals surface area (Å²) in [7, 11) is 1.37. The molecule has 92 valence electrons. The highest BCUT2D eigenvalue weighted by Gasteiger charge is 2.09. The van der Waals surface area contributed by atoms with Crippen molar-refractivity contribution in [2.24, 2.45) is 5.73 Å². The number of hydrogen-bond acceptors (Lipinski definition) is 4. The smallest absolute Gasteiger partial charge is 0.267 e. The molecule has 18 heavy (non-hydrogen) atoms. The lowest BCUT2D eigenvalue weighted by atomic mass is 10.1. The van der Waals surface area contributed by atoms with Crippen LogP contribution in [0.5, 0.6) is 5.75 Å². The molecule has 0 atom stereocenters. The van der Waals surface area contributed by atoms with Crippen molar-refractivity contribution in [1.29, 1.82) is 0 Å². The van der Waals surface area contributed by atoms with E-state index < -0.39 is 11.7 Å². The number of amides is 1. The van der Waals surface area contributed by atoms with Crippen LogP contribution in [0.2, 0.25) is 0 Å². The van der Waals surface area contributed by atoms with Crippen LogP contribution in [0.3, 0.4) is 0 Å². The standard InChI is InChI=1S/C12H10FN3O2/c1-18-11-4-7(2-3-8(11)13)9-5-10(12(14)17)16-6-15-9/h2-6H,1H3,(H2,14,17). The van der Waals surface area contributed by atoms with Gasteiger partial charge in [0.15, 0.2) is 11.6 Å². The van der Waals surface area contributed by atoms with Crippen LogP contribution >= 0.6 is 0 Å². The van der Waals surface area contributed by atoms with Crippen molar-refractivity contribution in [3.8, 4) is 17.0 Å². The fourth-order valence-corrected chi connectivity index (χ4v) is 1.47. The second kappa shape index (κ2) is 4.79. The molecular formula is C12H10FN3O2. The molecule has 0 spiro atoms. The molecule has 1 heterocycles. The van der Waals surface area contributed by atoms with E-state index in [9.17, 15) is 9.18 Å². The lowest BCUT2D eigenvalue weighted by Crippen LogP contribution is -2.13. The first-order chi connectivity index (χ1) is 8.61. The third-order valence-corrected chi connectivity index (χ3v) is 2.37. The van der Waals surface area contributed by atoms with Gasteiger partial charge in [0.25, 0.3) is 5.91 Å². The second-order valence-electron chi connectivity index (χ2n) is 3.50. The number of ether oxygens (including phenoxy) is 1. The molecule has 0 bridgehead atoms. The fraction of sp³-hybridized carbons (Fsp3) is 0.0833. The van der Waals surface area contributed by atoms with Gasteiger partial charge < -0.3 is 10.5 Å². The molecule has 0 aliphatic carbocycles. The van der Waals surface area contributed by atoms with E-state index in [1.54, 1.807) is 0 Å². The molecule has 0 saturated carbocycles. The van der Waals surface area contributed by atoms with E-state index in [1.165, 1.54) is 37.7 Å². The SMILES string of the molecule is COc1cc(-c2cc(C(N)=O)ncn2)ccc1F. The maximum atomic E-state index is 13.3. The number of hydrogen-bond donors (Lipinski definition) is 1. The van der Waals surface area contributed by atoms with Crippen LogP contribution in [-0.2, 0) is 0 Å². The lowest BCUT2D eigenvalue weighted by Gasteiger charge is -2.05. The summed E-state index contributed by atoms with van der Waals surface area (Å²) in [4.78, 5) is 18.7. The first-order valence-corrected chi connectivity index (χ1v) is 5.07. The molecule has 5 nitrogen and oxygen atoms in total. The first-order valence-electron chi connectivity index (χ1n) is 5.07. The van der Waals surface area contributed by atoms with Gasteiger partial charge in [0.1, 0.15) is 12.0 Å². The van der Waals surface area contributed by atoms with Gasteiger partial charge in [-0.15, -0.1) is 0 Å². The van der Waals surface area contributed by atoms with Crippen molar-refractivity contribution in [2.45, 2.75) is 0 Å². The second-order valence-corrected chi connectivity index (χ2v) is 3.50. The van der Waals surface area contributed by atoms with Gasteiger partial charge >= 0.3 is 0 Å². The number of rotatable bonds is 3. The number of aromatic nitrogens is 2. The van der Waals surface area contributed by atoms with Crippen molar-refractivity contribution in [3.05, 3.63) is 42.1 Å². The molecule has 2 N–H and O–H groups in total. The first kappa shape index (κ1) is 12.0. The van der Waals surface area contributed by atoms with Gasteiger partial charge in [-0.25, -0.2) is 14.4 Å². The summed E-state index contributed by atoms with van der Waals surface area (Å²) in [6.45, 7) is 0. The minimum atomic E-state index is -0.646. The van der Waals surface area contributed by atoms with E-state index in [-0.39, 0.29) is 11.4 Å². The normalized spacial score (nSPS) is 10.1. The van der Waals surface area contributed by atoms with E-state index in [2.05, 4.69) is 9.97 Å². The Kier molecular flexibility index (Phi) is 3.18. The molecule has 0 unspecified atom stereocenters. The molecule has 1 aromatic heterocycles. The number of halogens is 1. The van der Waals surface area contributed by atoms with Crippen molar-refractivity contribution >= 4 is 5.91 Å². The van der Waals surface area contributed by atoms with Crippen LogP contribution in [-0.4, -0.2) is 23.0 Å². The molecular weight excluding hydrogens is 237 g/mol. The summed E-state index contributed by atoms with van der Waals surface area (Å²) in [5.41, 5.74) is 6.31. The summed E-state index contributed by atoms with van der Waals surface area (Å²) in [6.07, 6.45) is 1.23. The van der Waals surface area contributed by atoms with Gasteiger partial charge in [0.05, 0.1) is 12.8 Å². The molecule has 1 amide bonds. The number of primary amides is 1. The molecule has 0 aliphatic rings. The Morgan fingerprint density at radius 1 is 1.33 bits per heavy atom. The Hall–Kier alpha value is -2.50. The Labute approximate surface area is 102 Å². The number of nitrogens with two attached hydrogens (primary N) is 1. The molecule has 0 saturated heterocycles. The molecule has 0 fully saturated rings. The maximum Gasteiger partial charge on any atom is 0.267 e. The van der Waals surface area contributed by atoms with Crippen LogP contribution in [0.15, 0.2) is 30.6 Å². The topological polar surface area (TPSA) is 78.1 Å². The molecule has 0 radical (unpaired) electrons. The van der Waals surface area contributed by atoms with Crippen molar-refractivity contribution < 1.29 is 13.9 Å². The highest BCUT2D eigenvalue weighted by molar-refractivity contribution is 5.91. The number of carbonyl (C=O) groups is 1. The van der Waals surface area contributed by atoms with Gasteiger partial charge in [-0.3, -0.25) is 4.79 Å². The van der Waals surface area contributed by atoms with E-state index in [0.717, 1.165) is 0 Å². The lowest BCUT2D eigenvalue weighted by molar-refractivity contribution is 0.0995. The minimum absolute atomic E-state index is 0.100. The fourth-order valence-electron chi connectivity index (χ4n) is 1.47. The zero-order valence-corrected chi connectivity index (χ0v) is 9.55. The predicted molar refractivity (Wildman–Crippen MR) is 62.5 cm³/mol. The van der Waals surface area contributed by atoms with Crippen LogP contribution in [0.4, 0.5) is 4.39 Å². The molecule has 1 aromatic carbocycles. The van der Waals surface area contributed by atoms with Crippen LogP contribution in [0, 0.1) is 5.82 Å². The summed E-state index contributed by atoms with van der Waals surface area (Å²) >= 11 is 0. The van der Waals surface area contributed by atoms with Gasteiger partial charge in [-0.2, -0.15) is 0 Å². The summed E-state index contributed by atoms with van der Waals surface area (Å²) in [5.74, 6) is -1.01. The zero-order chi connectivity index (χ0) is 13.1. The highest BCUT2D eigenvalue weighted by Crippen LogP contribution is 2.24. The van der Waals surface area contributed by atoms with E-state index >= 15 is 0 Å². The molecule has 6 heteroatoms. The third-order valence-electron chi connectivity index (χ3n) is 2.37. The average molecular weight is 247 g/mol. The minimum Gasteiger partial charge on any atom is -0.494 e. The Morgan fingerprint density at radius 3 is 2.78 bits per heavy atom. The van der Waals surface area contributed by atoms with Gasteiger partial charge in [-0.1, -0.05) is 0 Å². The van der Waals surface area contributed by atoms with Gasteiger partial charge in [0, 0.05) is 5.56 Å². The number of methoxy groups -OCH3 is 1. The Bertz CT molecular complexity index is 602. The Morgan fingerprint density at radius 2 is 2.11 bits per heavy atom. The van der Waals surface area contributed by atoms with Crippen molar-refractivity contribution in [3.63, 3.8) is 0 Å². The number of benzene rings is 1. The van der Waals surface area contributed by atoms with Crippen molar-refractivity contribution in [1.82, 2.24) is 9.97 Å². The van der Waals surface area contributed by atoms with Crippen molar-refractivity contribution in [2.75, 3.05) is 7.11 Å². The quantitative estimate of drug-likeness (QED) is 0.889. The maximum absolute atomic E-state index is 13.3.